The first-order chi connectivity index (χ1) is 12.2. The van der Waals surface area contributed by atoms with Gasteiger partial charge in [-0.25, -0.2) is 4.98 Å². The zero-order valence-electron chi connectivity index (χ0n) is 15.2. The van der Waals surface area contributed by atoms with Gasteiger partial charge in [-0.2, -0.15) is 0 Å². The van der Waals surface area contributed by atoms with Gasteiger partial charge < -0.3 is 4.90 Å². The number of carbonyl (C=O) groups excluding carboxylic acids is 1. The molecule has 25 heavy (non-hydrogen) atoms. The average Bonchev–Trinajstić information content (AvgIpc) is 3.21. The molecule has 1 atom stereocenters. The summed E-state index contributed by atoms with van der Waals surface area (Å²) in [5.74, 6) is 0.324. The lowest BCUT2D eigenvalue weighted by molar-refractivity contribution is -0.129. The fraction of sp³-hybridized carbons (Fsp3) is 0.700. The average molecular weight is 360 g/mol. The maximum atomic E-state index is 12.8. The Morgan fingerprint density at radius 2 is 2.20 bits per heavy atom. The van der Waals surface area contributed by atoms with Gasteiger partial charge in [0.15, 0.2) is 0 Å². The van der Waals surface area contributed by atoms with Gasteiger partial charge in [0.2, 0.25) is 5.91 Å². The number of thiazole rings is 1. The molecule has 1 aromatic rings. The van der Waals surface area contributed by atoms with Crippen molar-refractivity contribution in [1.29, 1.82) is 0 Å². The van der Waals surface area contributed by atoms with Gasteiger partial charge in [-0.15, -0.1) is 11.3 Å². The first-order valence-electron chi connectivity index (χ1n) is 9.75. The van der Waals surface area contributed by atoms with Crippen LogP contribution in [0.25, 0.3) is 0 Å². The summed E-state index contributed by atoms with van der Waals surface area (Å²) >= 11 is 1.74. The van der Waals surface area contributed by atoms with Crippen molar-refractivity contribution in [2.45, 2.75) is 64.0 Å². The molecule has 2 heterocycles. The third-order valence-electron chi connectivity index (χ3n) is 6.41. The monoisotopic (exact) mass is 359 g/mol. The third-order valence-corrected chi connectivity index (χ3v) is 7.17. The Bertz CT molecular complexity index is 631. The van der Waals surface area contributed by atoms with Crippen molar-refractivity contribution >= 4 is 17.2 Å². The molecule has 1 spiro atoms. The summed E-state index contributed by atoms with van der Waals surface area (Å²) in [7, 11) is 2.23. The van der Waals surface area contributed by atoms with Gasteiger partial charge in [0.25, 0.3) is 0 Å². The molecule has 2 aliphatic carbocycles. The molecule has 1 amide bonds. The molecular formula is C20H29N3OS. The molecule has 1 saturated heterocycles. The van der Waals surface area contributed by atoms with E-state index < -0.39 is 0 Å². The number of allylic oxidation sites excluding steroid dienone is 1. The first kappa shape index (κ1) is 17.2. The van der Waals surface area contributed by atoms with E-state index in [0.717, 1.165) is 38.0 Å². The quantitative estimate of drug-likeness (QED) is 0.819. The molecule has 3 aliphatic rings. The number of amides is 1. The maximum absolute atomic E-state index is 12.8. The predicted molar refractivity (Wildman–Crippen MR) is 101 cm³/mol. The summed E-state index contributed by atoms with van der Waals surface area (Å²) < 4.78 is 0. The van der Waals surface area contributed by atoms with E-state index in [9.17, 15) is 4.79 Å². The van der Waals surface area contributed by atoms with Gasteiger partial charge in [0, 0.05) is 36.3 Å². The summed E-state index contributed by atoms with van der Waals surface area (Å²) in [6.07, 6.45) is 13.5. The molecule has 0 unspecified atom stereocenters. The van der Waals surface area contributed by atoms with Crippen LogP contribution in [-0.2, 0) is 11.3 Å². The highest BCUT2D eigenvalue weighted by Gasteiger charge is 2.56. The Balaban J connectivity index is 1.30. The number of likely N-dealkylation sites (tertiary alicyclic amines) is 1. The topological polar surface area (TPSA) is 36.4 Å². The van der Waals surface area contributed by atoms with Crippen molar-refractivity contribution in [2.75, 3.05) is 20.1 Å². The molecule has 4 rings (SSSR count). The fourth-order valence-electron chi connectivity index (χ4n) is 4.71. The molecule has 5 heteroatoms. The number of rotatable bonds is 4. The molecule has 0 N–H and O–H groups in total. The van der Waals surface area contributed by atoms with Crippen LogP contribution in [0, 0.1) is 5.41 Å². The number of piperidine rings is 1. The molecule has 0 radical (unpaired) electrons. The van der Waals surface area contributed by atoms with Crippen LogP contribution in [0.1, 0.15) is 56.4 Å². The van der Waals surface area contributed by atoms with Crippen molar-refractivity contribution in [3.05, 3.63) is 28.2 Å². The minimum atomic E-state index is 0.324. The molecule has 1 aromatic heterocycles. The van der Waals surface area contributed by atoms with Crippen LogP contribution >= 0.6 is 11.3 Å². The summed E-state index contributed by atoms with van der Waals surface area (Å²) in [4.78, 5) is 21.8. The maximum Gasteiger partial charge on any atom is 0.249 e. The normalized spacial score (nSPS) is 25.8. The van der Waals surface area contributed by atoms with Gasteiger partial charge in [0.1, 0.15) is 5.01 Å². The Morgan fingerprint density at radius 3 is 2.96 bits per heavy atom. The molecule has 4 nitrogen and oxygen atoms in total. The molecular weight excluding hydrogens is 330 g/mol. The molecule has 0 aromatic carbocycles. The van der Waals surface area contributed by atoms with E-state index in [1.165, 1.54) is 43.5 Å². The van der Waals surface area contributed by atoms with Crippen LogP contribution < -0.4 is 0 Å². The van der Waals surface area contributed by atoms with E-state index >= 15 is 0 Å². The van der Waals surface area contributed by atoms with Crippen LogP contribution in [-0.4, -0.2) is 46.9 Å². The molecule has 0 bridgehead atoms. The highest BCUT2D eigenvalue weighted by atomic mass is 32.1. The lowest BCUT2D eigenvalue weighted by atomic mass is 9.91. The van der Waals surface area contributed by atoms with Crippen LogP contribution in [0.4, 0.5) is 0 Å². The van der Waals surface area contributed by atoms with Gasteiger partial charge in [0.05, 0.1) is 6.54 Å². The molecule has 2 fully saturated rings. The highest BCUT2D eigenvalue weighted by Crippen LogP contribution is 2.56. The second-order valence-electron chi connectivity index (χ2n) is 8.04. The first-order valence-corrected chi connectivity index (χ1v) is 10.6. The number of nitrogens with zero attached hydrogens (tertiary/aromatic N) is 3. The van der Waals surface area contributed by atoms with E-state index in [1.807, 2.05) is 6.20 Å². The minimum Gasteiger partial charge on any atom is -0.339 e. The van der Waals surface area contributed by atoms with E-state index in [-0.39, 0.29) is 0 Å². The SMILES string of the molecule is CN(Cc1nccs1)[C@@H]1CC12CCN(C(=O)C1=CCCCCC1)CC2. The standard InChI is InChI=1S/C20H29N3OS/c1-22(15-18-21-10-13-25-18)17-14-20(17)8-11-23(12-9-20)19(24)16-6-4-2-3-5-7-16/h6,10,13,17H,2-5,7-9,11-12,14-15H2,1H3/t17-/m1/s1. The molecule has 1 saturated carbocycles. The second-order valence-corrected chi connectivity index (χ2v) is 9.02. The van der Waals surface area contributed by atoms with Gasteiger partial charge >= 0.3 is 0 Å². The van der Waals surface area contributed by atoms with Gasteiger partial charge in [-0.3, -0.25) is 9.69 Å². The van der Waals surface area contributed by atoms with Crippen LogP contribution in [0.3, 0.4) is 0 Å². The Labute approximate surface area is 154 Å². The summed E-state index contributed by atoms with van der Waals surface area (Å²) in [6, 6.07) is 0.672. The Morgan fingerprint density at radius 1 is 1.36 bits per heavy atom. The van der Waals surface area contributed by atoms with Crippen LogP contribution in [0.15, 0.2) is 23.2 Å². The largest absolute Gasteiger partial charge is 0.339 e. The van der Waals surface area contributed by atoms with E-state index in [1.54, 1.807) is 11.3 Å². The van der Waals surface area contributed by atoms with Crippen LogP contribution in [0.2, 0.25) is 0 Å². The summed E-state index contributed by atoms with van der Waals surface area (Å²) in [6.45, 7) is 2.84. The minimum absolute atomic E-state index is 0.324. The zero-order valence-corrected chi connectivity index (χ0v) is 16.1. The number of hydrogen-bond donors (Lipinski definition) is 0. The van der Waals surface area contributed by atoms with Crippen molar-refractivity contribution in [3.63, 3.8) is 0 Å². The molecule has 136 valence electrons. The van der Waals surface area contributed by atoms with Crippen molar-refractivity contribution in [3.8, 4) is 0 Å². The van der Waals surface area contributed by atoms with E-state index in [4.69, 9.17) is 0 Å². The Hall–Kier alpha value is -1.20. The lowest BCUT2D eigenvalue weighted by Gasteiger charge is -2.34. The summed E-state index contributed by atoms with van der Waals surface area (Å²) in [5.41, 5.74) is 1.54. The van der Waals surface area contributed by atoms with Crippen molar-refractivity contribution in [2.24, 2.45) is 5.41 Å². The number of hydrogen-bond acceptors (Lipinski definition) is 4. The predicted octanol–water partition coefficient (Wildman–Crippen LogP) is 3.85. The van der Waals surface area contributed by atoms with E-state index in [2.05, 4.69) is 33.3 Å². The smallest absolute Gasteiger partial charge is 0.249 e. The zero-order chi connectivity index (χ0) is 17.3. The number of aromatic nitrogens is 1. The van der Waals surface area contributed by atoms with Gasteiger partial charge in [-0.05, 0) is 57.4 Å². The Kier molecular flexibility index (Phi) is 4.96. The van der Waals surface area contributed by atoms with Crippen LogP contribution in [0.5, 0.6) is 0 Å². The highest BCUT2D eigenvalue weighted by molar-refractivity contribution is 7.09. The summed E-state index contributed by atoms with van der Waals surface area (Å²) in [5, 5.41) is 3.26. The fourth-order valence-corrected chi connectivity index (χ4v) is 5.39. The van der Waals surface area contributed by atoms with Gasteiger partial charge in [-0.1, -0.05) is 12.5 Å². The number of carbonyl (C=O) groups is 1. The van der Waals surface area contributed by atoms with Crippen molar-refractivity contribution in [1.82, 2.24) is 14.8 Å². The van der Waals surface area contributed by atoms with Crippen molar-refractivity contribution < 1.29 is 4.79 Å². The molecule has 1 aliphatic heterocycles. The third kappa shape index (κ3) is 3.68. The lowest BCUT2D eigenvalue weighted by Crippen LogP contribution is -2.41. The second kappa shape index (κ2) is 7.20. The van der Waals surface area contributed by atoms with E-state index in [0.29, 0.717) is 17.4 Å².